The number of nitrogens with zero attached hydrogens (tertiary/aromatic N) is 2. The van der Waals surface area contributed by atoms with Crippen LogP contribution in [0.15, 0.2) is 35.9 Å². The fourth-order valence-electron chi connectivity index (χ4n) is 2.34. The first-order valence-corrected chi connectivity index (χ1v) is 6.93. The van der Waals surface area contributed by atoms with Crippen LogP contribution in [-0.4, -0.2) is 16.3 Å². The minimum atomic E-state index is 0.191. The lowest BCUT2D eigenvalue weighted by Crippen LogP contribution is -2.21. The Morgan fingerprint density at radius 1 is 1.37 bits per heavy atom. The molecule has 0 amide bonds. The maximum absolute atomic E-state index is 4.71. The summed E-state index contributed by atoms with van der Waals surface area (Å²) in [6.45, 7) is 7.44. The van der Waals surface area contributed by atoms with Crippen molar-refractivity contribution in [3.8, 4) is 0 Å². The molecule has 3 nitrogen and oxygen atoms in total. The summed E-state index contributed by atoms with van der Waals surface area (Å²) in [5.41, 5.74) is 3.61. The van der Waals surface area contributed by atoms with Crippen LogP contribution in [0.2, 0.25) is 0 Å². The van der Waals surface area contributed by atoms with E-state index in [2.05, 4.69) is 56.4 Å². The van der Waals surface area contributed by atoms with Crippen LogP contribution in [0.4, 0.5) is 0 Å². The second-order valence-electron chi connectivity index (χ2n) is 5.20. The minimum absolute atomic E-state index is 0.191. The zero-order valence-corrected chi connectivity index (χ0v) is 12.3. The van der Waals surface area contributed by atoms with Crippen molar-refractivity contribution in [1.82, 2.24) is 15.1 Å². The van der Waals surface area contributed by atoms with E-state index in [4.69, 9.17) is 5.10 Å². The first-order valence-electron chi connectivity index (χ1n) is 6.93. The molecule has 0 fully saturated rings. The minimum Gasteiger partial charge on any atom is -0.305 e. The van der Waals surface area contributed by atoms with Crippen LogP contribution in [0.1, 0.15) is 38.9 Å². The van der Waals surface area contributed by atoms with Crippen molar-refractivity contribution in [2.75, 3.05) is 6.54 Å². The normalized spacial score (nSPS) is 12.6. The summed E-state index contributed by atoms with van der Waals surface area (Å²) >= 11 is 0. The van der Waals surface area contributed by atoms with Crippen molar-refractivity contribution < 1.29 is 0 Å². The first-order chi connectivity index (χ1) is 9.13. The van der Waals surface area contributed by atoms with Gasteiger partial charge in [0, 0.05) is 12.4 Å². The standard InChI is InChI=1S/C16H23N3/c1-5-10-17-14(11-12(2)3)16-13-8-6-7-9-15(13)19(4)18-16/h6-9,11,14,17H,5,10H2,1-4H3. The van der Waals surface area contributed by atoms with E-state index in [0.717, 1.165) is 18.7 Å². The van der Waals surface area contributed by atoms with Crippen LogP contribution in [0.5, 0.6) is 0 Å². The van der Waals surface area contributed by atoms with Crippen molar-refractivity contribution in [3.63, 3.8) is 0 Å². The fourth-order valence-corrected chi connectivity index (χ4v) is 2.34. The fraction of sp³-hybridized carbons (Fsp3) is 0.438. The van der Waals surface area contributed by atoms with E-state index in [1.807, 2.05) is 11.7 Å². The number of aromatic nitrogens is 2. The first kappa shape index (κ1) is 13.8. The Labute approximate surface area is 115 Å². The highest BCUT2D eigenvalue weighted by Crippen LogP contribution is 2.24. The number of rotatable bonds is 5. The van der Waals surface area contributed by atoms with Crippen molar-refractivity contribution in [2.24, 2.45) is 7.05 Å². The lowest BCUT2D eigenvalue weighted by atomic mass is 10.1. The zero-order valence-electron chi connectivity index (χ0n) is 12.3. The summed E-state index contributed by atoms with van der Waals surface area (Å²) in [5.74, 6) is 0. The van der Waals surface area contributed by atoms with E-state index in [9.17, 15) is 0 Å². The Balaban J connectivity index is 2.46. The van der Waals surface area contributed by atoms with Crippen LogP contribution < -0.4 is 5.32 Å². The molecule has 19 heavy (non-hydrogen) atoms. The number of hydrogen-bond donors (Lipinski definition) is 1. The Morgan fingerprint density at radius 2 is 2.11 bits per heavy atom. The molecule has 3 heteroatoms. The van der Waals surface area contributed by atoms with E-state index in [-0.39, 0.29) is 6.04 Å². The van der Waals surface area contributed by atoms with E-state index >= 15 is 0 Å². The van der Waals surface area contributed by atoms with Crippen LogP contribution in [0, 0.1) is 0 Å². The van der Waals surface area contributed by atoms with Crippen molar-refractivity contribution in [2.45, 2.75) is 33.2 Å². The quantitative estimate of drug-likeness (QED) is 0.830. The number of para-hydroxylation sites is 1. The molecule has 1 N–H and O–H groups in total. The van der Waals surface area contributed by atoms with Gasteiger partial charge in [0.25, 0.3) is 0 Å². The average molecular weight is 257 g/mol. The van der Waals surface area contributed by atoms with Gasteiger partial charge in [-0.3, -0.25) is 4.68 Å². The summed E-state index contributed by atoms with van der Waals surface area (Å²) in [5, 5.41) is 9.51. The molecule has 0 aliphatic carbocycles. The highest BCUT2D eigenvalue weighted by molar-refractivity contribution is 5.82. The predicted octanol–water partition coefficient (Wildman–Crippen LogP) is 3.58. The van der Waals surface area contributed by atoms with E-state index in [1.54, 1.807) is 0 Å². The maximum atomic E-state index is 4.71. The molecule has 0 bridgehead atoms. The van der Waals surface area contributed by atoms with Gasteiger partial charge in [-0.15, -0.1) is 0 Å². The zero-order chi connectivity index (χ0) is 13.8. The summed E-state index contributed by atoms with van der Waals surface area (Å²) in [6.07, 6.45) is 3.38. The largest absolute Gasteiger partial charge is 0.305 e. The van der Waals surface area contributed by atoms with Crippen LogP contribution >= 0.6 is 0 Å². The molecule has 2 rings (SSSR count). The van der Waals surface area contributed by atoms with Gasteiger partial charge in [0.05, 0.1) is 17.3 Å². The molecule has 0 saturated carbocycles. The summed E-state index contributed by atoms with van der Waals surface area (Å²) < 4.78 is 1.96. The summed E-state index contributed by atoms with van der Waals surface area (Å²) in [7, 11) is 2.01. The molecule has 0 aliphatic heterocycles. The Bertz CT molecular complexity index is 577. The average Bonchev–Trinajstić information content (AvgIpc) is 2.72. The monoisotopic (exact) mass is 257 g/mol. The number of fused-ring (bicyclic) bond motifs is 1. The summed E-state index contributed by atoms with van der Waals surface area (Å²) in [6, 6.07) is 8.59. The predicted molar refractivity (Wildman–Crippen MR) is 81.2 cm³/mol. The molecule has 2 aromatic rings. The third kappa shape index (κ3) is 3.04. The van der Waals surface area contributed by atoms with E-state index in [0.29, 0.717) is 0 Å². The van der Waals surface area contributed by atoms with Crippen molar-refractivity contribution >= 4 is 10.9 Å². The second-order valence-corrected chi connectivity index (χ2v) is 5.20. The van der Waals surface area contributed by atoms with Crippen molar-refractivity contribution in [1.29, 1.82) is 0 Å². The Hall–Kier alpha value is -1.61. The van der Waals surface area contributed by atoms with Gasteiger partial charge >= 0.3 is 0 Å². The SMILES string of the molecule is CCCNC(C=C(C)C)c1nn(C)c2ccccc12. The molecular weight excluding hydrogens is 234 g/mol. The smallest absolute Gasteiger partial charge is 0.0911 e. The second kappa shape index (κ2) is 6.02. The lowest BCUT2D eigenvalue weighted by molar-refractivity contribution is 0.589. The highest BCUT2D eigenvalue weighted by atomic mass is 15.3. The van der Waals surface area contributed by atoms with E-state index in [1.165, 1.54) is 16.5 Å². The molecule has 0 spiro atoms. The maximum Gasteiger partial charge on any atom is 0.0911 e. The van der Waals surface area contributed by atoms with Gasteiger partial charge in [0.1, 0.15) is 0 Å². The van der Waals surface area contributed by atoms with E-state index < -0.39 is 0 Å². The molecule has 1 aromatic carbocycles. The van der Waals surface area contributed by atoms with Crippen LogP contribution in [0.3, 0.4) is 0 Å². The molecule has 1 atom stereocenters. The van der Waals surface area contributed by atoms with Gasteiger partial charge in [-0.25, -0.2) is 0 Å². The Morgan fingerprint density at radius 3 is 2.79 bits per heavy atom. The Kier molecular flexibility index (Phi) is 4.38. The molecular formula is C16H23N3. The molecule has 1 aromatic heterocycles. The number of benzene rings is 1. The van der Waals surface area contributed by atoms with Crippen LogP contribution in [0.25, 0.3) is 10.9 Å². The lowest BCUT2D eigenvalue weighted by Gasteiger charge is -2.13. The highest BCUT2D eigenvalue weighted by Gasteiger charge is 2.16. The molecule has 102 valence electrons. The van der Waals surface area contributed by atoms with Crippen LogP contribution in [-0.2, 0) is 7.05 Å². The molecule has 0 saturated heterocycles. The number of hydrogen-bond acceptors (Lipinski definition) is 2. The summed E-state index contributed by atoms with van der Waals surface area (Å²) in [4.78, 5) is 0. The topological polar surface area (TPSA) is 29.9 Å². The third-order valence-electron chi connectivity index (χ3n) is 3.20. The van der Waals surface area contributed by atoms with Gasteiger partial charge in [0.2, 0.25) is 0 Å². The van der Waals surface area contributed by atoms with Gasteiger partial charge < -0.3 is 5.32 Å². The van der Waals surface area contributed by atoms with Gasteiger partial charge in [-0.1, -0.05) is 36.8 Å². The number of nitrogens with one attached hydrogen (secondary N) is 1. The van der Waals surface area contributed by atoms with Gasteiger partial charge in [-0.2, -0.15) is 5.10 Å². The molecule has 1 unspecified atom stereocenters. The number of allylic oxidation sites excluding steroid dienone is 1. The molecule has 0 aliphatic rings. The number of aryl methyl sites for hydroxylation is 1. The third-order valence-corrected chi connectivity index (χ3v) is 3.20. The van der Waals surface area contributed by atoms with Gasteiger partial charge in [0.15, 0.2) is 0 Å². The van der Waals surface area contributed by atoms with Gasteiger partial charge in [-0.05, 0) is 32.9 Å². The van der Waals surface area contributed by atoms with Crippen molar-refractivity contribution in [3.05, 3.63) is 41.6 Å². The molecule has 0 radical (unpaired) electrons. The molecule has 1 heterocycles.